The van der Waals surface area contributed by atoms with Gasteiger partial charge in [0.2, 0.25) is 0 Å². The number of ether oxygens (including phenoxy) is 2. The van der Waals surface area contributed by atoms with Gasteiger partial charge in [-0.1, -0.05) is 0 Å². The van der Waals surface area contributed by atoms with E-state index in [-0.39, 0.29) is 6.10 Å². The summed E-state index contributed by atoms with van der Waals surface area (Å²) < 4.78 is 9.08. The minimum absolute atomic E-state index is 0.352. The first-order chi connectivity index (χ1) is 4.88. The number of methoxy groups -OCH3 is 1. The highest BCUT2D eigenvalue weighted by molar-refractivity contribution is 5.59. The maximum atomic E-state index is 10.6. The van der Waals surface area contributed by atoms with E-state index in [0.29, 0.717) is 0 Å². The van der Waals surface area contributed by atoms with E-state index in [4.69, 9.17) is 10.5 Å². The van der Waals surface area contributed by atoms with Crippen LogP contribution in [0, 0.1) is 0 Å². The summed E-state index contributed by atoms with van der Waals surface area (Å²) in [6.07, 6.45) is -1.05. The molecule has 11 heavy (non-hydrogen) atoms. The third kappa shape index (κ3) is 3.83. The first-order valence-corrected chi connectivity index (χ1v) is 3.41. The Morgan fingerprint density at radius 3 is 2.27 bits per heavy atom. The monoisotopic (exact) mass is 161 g/mol. The van der Waals surface area contributed by atoms with Gasteiger partial charge in [-0.3, -0.25) is 0 Å². The molecular weight excluding hydrogens is 146 g/mol. The van der Waals surface area contributed by atoms with Crippen LogP contribution in [0.3, 0.4) is 0 Å². The molecular formula is C7H15NO3. The van der Waals surface area contributed by atoms with Crippen molar-refractivity contribution in [1.29, 1.82) is 0 Å². The quantitative estimate of drug-likeness (QED) is 0.611. The van der Waals surface area contributed by atoms with Gasteiger partial charge in [0.25, 0.3) is 0 Å². The van der Waals surface area contributed by atoms with E-state index in [9.17, 15) is 4.79 Å². The summed E-state index contributed by atoms with van der Waals surface area (Å²) in [5.74, 6) is 0. The van der Waals surface area contributed by atoms with Crippen LogP contribution in [-0.2, 0) is 9.47 Å². The first-order valence-electron chi connectivity index (χ1n) is 3.41. The van der Waals surface area contributed by atoms with E-state index in [2.05, 4.69) is 4.74 Å². The Morgan fingerprint density at radius 1 is 1.55 bits per heavy atom. The van der Waals surface area contributed by atoms with Crippen LogP contribution in [0.5, 0.6) is 0 Å². The van der Waals surface area contributed by atoms with Crippen LogP contribution in [0.25, 0.3) is 0 Å². The molecule has 0 aliphatic carbocycles. The highest BCUT2D eigenvalue weighted by Crippen LogP contribution is 2.08. The van der Waals surface area contributed by atoms with Crippen molar-refractivity contribution in [1.82, 2.24) is 0 Å². The predicted octanol–water partition coefficient (Wildman–Crippen LogP) is 0.895. The van der Waals surface area contributed by atoms with Crippen LogP contribution < -0.4 is 5.73 Å². The maximum Gasteiger partial charge on any atom is 0.508 e. The number of carbonyl (C=O) groups excluding carboxylic acids is 1. The summed E-state index contributed by atoms with van der Waals surface area (Å²) in [5, 5.41) is 0. The second-order valence-corrected chi connectivity index (χ2v) is 3.04. The van der Waals surface area contributed by atoms with Crippen molar-refractivity contribution in [3.8, 4) is 0 Å². The fraction of sp³-hybridized carbons (Fsp3) is 0.857. The van der Waals surface area contributed by atoms with Gasteiger partial charge in [0, 0.05) is 5.54 Å². The van der Waals surface area contributed by atoms with Crippen molar-refractivity contribution in [2.24, 2.45) is 5.73 Å². The van der Waals surface area contributed by atoms with Gasteiger partial charge in [-0.2, -0.15) is 0 Å². The van der Waals surface area contributed by atoms with Crippen LogP contribution in [0.1, 0.15) is 20.8 Å². The van der Waals surface area contributed by atoms with Gasteiger partial charge in [-0.25, -0.2) is 4.79 Å². The van der Waals surface area contributed by atoms with Crippen molar-refractivity contribution < 1.29 is 14.3 Å². The van der Waals surface area contributed by atoms with Gasteiger partial charge in [0.1, 0.15) is 6.10 Å². The third-order valence-corrected chi connectivity index (χ3v) is 1.49. The average Bonchev–Trinajstić information content (AvgIpc) is 1.85. The molecule has 1 atom stereocenters. The smallest absolute Gasteiger partial charge is 0.438 e. The molecule has 0 spiro atoms. The lowest BCUT2D eigenvalue weighted by molar-refractivity contribution is 0.0195. The summed E-state index contributed by atoms with van der Waals surface area (Å²) >= 11 is 0. The topological polar surface area (TPSA) is 61.5 Å². The molecule has 0 fully saturated rings. The molecule has 0 rings (SSSR count). The Morgan fingerprint density at radius 2 is 2.00 bits per heavy atom. The fourth-order valence-corrected chi connectivity index (χ4v) is 0.344. The number of carbonyl (C=O) groups is 1. The normalized spacial score (nSPS) is 13.9. The van der Waals surface area contributed by atoms with Gasteiger partial charge >= 0.3 is 6.16 Å². The molecule has 1 unspecified atom stereocenters. The molecule has 0 amide bonds. The Labute approximate surface area is 66.7 Å². The van der Waals surface area contributed by atoms with Gasteiger partial charge < -0.3 is 15.2 Å². The molecule has 4 nitrogen and oxygen atoms in total. The minimum atomic E-state index is -0.698. The Bertz CT molecular complexity index is 139. The van der Waals surface area contributed by atoms with E-state index in [0.717, 1.165) is 0 Å². The SMILES string of the molecule is COC(=O)OC(C)C(C)(C)N. The zero-order valence-electron chi connectivity index (χ0n) is 7.38. The summed E-state index contributed by atoms with van der Waals surface area (Å²) in [4.78, 5) is 10.6. The minimum Gasteiger partial charge on any atom is -0.438 e. The molecule has 0 bridgehead atoms. The summed E-state index contributed by atoms with van der Waals surface area (Å²) in [6.45, 7) is 5.28. The van der Waals surface area contributed by atoms with E-state index in [1.165, 1.54) is 7.11 Å². The maximum absolute atomic E-state index is 10.6. The molecule has 66 valence electrons. The Kier molecular flexibility index (Phi) is 3.32. The predicted molar refractivity (Wildman–Crippen MR) is 41.2 cm³/mol. The zero-order valence-corrected chi connectivity index (χ0v) is 7.38. The number of rotatable bonds is 2. The third-order valence-electron chi connectivity index (χ3n) is 1.49. The van der Waals surface area contributed by atoms with Crippen molar-refractivity contribution in [2.45, 2.75) is 32.4 Å². The Hall–Kier alpha value is -0.770. The lowest BCUT2D eigenvalue weighted by atomic mass is 10.0. The van der Waals surface area contributed by atoms with Crippen LogP contribution in [-0.4, -0.2) is 24.9 Å². The lowest BCUT2D eigenvalue weighted by Crippen LogP contribution is -2.45. The van der Waals surface area contributed by atoms with Crippen molar-refractivity contribution in [2.75, 3.05) is 7.11 Å². The second-order valence-electron chi connectivity index (χ2n) is 3.04. The lowest BCUT2D eigenvalue weighted by Gasteiger charge is -2.25. The van der Waals surface area contributed by atoms with E-state index in [1.54, 1.807) is 20.8 Å². The Balaban J connectivity index is 3.87. The summed E-state index contributed by atoms with van der Waals surface area (Å²) in [7, 11) is 1.26. The zero-order chi connectivity index (χ0) is 9.07. The number of hydrogen-bond acceptors (Lipinski definition) is 4. The molecule has 0 aromatic rings. The second kappa shape index (κ2) is 3.57. The fourth-order valence-electron chi connectivity index (χ4n) is 0.344. The number of hydrogen-bond donors (Lipinski definition) is 1. The molecule has 0 saturated carbocycles. The van der Waals surface area contributed by atoms with Crippen molar-refractivity contribution >= 4 is 6.16 Å². The summed E-state index contributed by atoms with van der Waals surface area (Å²) in [6, 6.07) is 0. The molecule has 4 heteroatoms. The molecule has 0 aromatic heterocycles. The van der Waals surface area contributed by atoms with Gasteiger partial charge in [-0.15, -0.1) is 0 Å². The standard InChI is InChI=1S/C7H15NO3/c1-5(7(2,3)8)11-6(9)10-4/h5H,8H2,1-4H3. The molecule has 0 saturated heterocycles. The average molecular weight is 161 g/mol. The van der Waals surface area contributed by atoms with Crippen molar-refractivity contribution in [3.05, 3.63) is 0 Å². The van der Waals surface area contributed by atoms with Crippen LogP contribution >= 0.6 is 0 Å². The highest BCUT2D eigenvalue weighted by Gasteiger charge is 2.24. The largest absolute Gasteiger partial charge is 0.508 e. The van der Waals surface area contributed by atoms with E-state index in [1.807, 2.05) is 0 Å². The van der Waals surface area contributed by atoms with E-state index < -0.39 is 11.7 Å². The van der Waals surface area contributed by atoms with Gasteiger partial charge in [0.05, 0.1) is 7.11 Å². The van der Waals surface area contributed by atoms with Crippen LogP contribution in [0.2, 0.25) is 0 Å². The number of nitrogens with two attached hydrogens (primary N) is 1. The summed E-state index contributed by atoms with van der Waals surface area (Å²) in [5.41, 5.74) is 5.12. The van der Waals surface area contributed by atoms with Crippen molar-refractivity contribution in [3.63, 3.8) is 0 Å². The first kappa shape index (κ1) is 10.2. The van der Waals surface area contributed by atoms with Crippen LogP contribution in [0.4, 0.5) is 4.79 Å². The molecule has 0 aliphatic heterocycles. The molecule has 0 radical (unpaired) electrons. The van der Waals surface area contributed by atoms with Gasteiger partial charge in [0.15, 0.2) is 0 Å². The van der Waals surface area contributed by atoms with Crippen LogP contribution in [0.15, 0.2) is 0 Å². The molecule has 2 N–H and O–H groups in total. The molecule has 0 heterocycles. The highest BCUT2D eigenvalue weighted by atomic mass is 16.7. The van der Waals surface area contributed by atoms with Gasteiger partial charge in [-0.05, 0) is 20.8 Å². The molecule has 0 aromatic carbocycles. The molecule has 0 aliphatic rings. The van der Waals surface area contributed by atoms with E-state index >= 15 is 0 Å².